The molecule has 33 heavy (non-hydrogen) atoms. The van der Waals surface area contributed by atoms with Crippen molar-refractivity contribution in [2.45, 2.75) is 6.92 Å². The van der Waals surface area contributed by atoms with Crippen molar-refractivity contribution in [3.63, 3.8) is 0 Å². The van der Waals surface area contributed by atoms with Gasteiger partial charge in [0.25, 0.3) is 0 Å². The van der Waals surface area contributed by atoms with Crippen LogP contribution in [0.4, 0.5) is 17.1 Å². The zero-order valence-electron chi connectivity index (χ0n) is 19.3. The van der Waals surface area contributed by atoms with Crippen molar-refractivity contribution < 1.29 is 14.3 Å². The lowest BCUT2D eigenvalue weighted by Crippen LogP contribution is -2.49. The van der Waals surface area contributed by atoms with E-state index >= 15 is 0 Å². The second-order valence-electron chi connectivity index (χ2n) is 8.47. The summed E-state index contributed by atoms with van der Waals surface area (Å²) >= 11 is 0. The minimum atomic E-state index is -0.633. The number of rotatable bonds is 6. The molecule has 0 bridgehead atoms. The monoisotopic (exact) mass is 451 g/mol. The molecule has 0 saturated carbocycles. The van der Waals surface area contributed by atoms with Crippen molar-refractivity contribution in [2.75, 3.05) is 80.7 Å². The highest BCUT2D eigenvalue weighted by Crippen LogP contribution is 2.23. The fourth-order valence-corrected chi connectivity index (χ4v) is 4.26. The Labute approximate surface area is 195 Å². The SMILES string of the molecule is Cc1cc(N2CCOCC2)ccc1NC(=O)C(=O)NCCN1CCN(c2ccccc2)CC1. The van der Waals surface area contributed by atoms with Gasteiger partial charge < -0.3 is 25.2 Å². The Kier molecular flexibility index (Phi) is 7.80. The molecule has 2 heterocycles. The van der Waals surface area contributed by atoms with Gasteiger partial charge in [0.15, 0.2) is 0 Å². The molecule has 0 radical (unpaired) electrons. The zero-order chi connectivity index (χ0) is 23.0. The topological polar surface area (TPSA) is 77.1 Å². The fraction of sp³-hybridized carbons (Fsp3) is 0.440. The summed E-state index contributed by atoms with van der Waals surface area (Å²) in [5.41, 5.74) is 3.93. The van der Waals surface area contributed by atoms with Crippen LogP contribution in [0, 0.1) is 6.92 Å². The molecule has 2 fully saturated rings. The molecule has 0 unspecified atom stereocenters. The summed E-state index contributed by atoms with van der Waals surface area (Å²) in [7, 11) is 0. The first-order valence-corrected chi connectivity index (χ1v) is 11.6. The van der Waals surface area contributed by atoms with Gasteiger partial charge in [0.05, 0.1) is 13.2 Å². The van der Waals surface area contributed by atoms with Crippen LogP contribution in [0.2, 0.25) is 0 Å². The van der Waals surface area contributed by atoms with Gasteiger partial charge in [0.2, 0.25) is 0 Å². The van der Waals surface area contributed by atoms with E-state index in [2.05, 4.69) is 49.6 Å². The molecule has 0 aliphatic carbocycles. The van der Waals surface area contributed by atoms with Gasteiger partial charge in [-0.1, -0.05) is 18.2 Å². The number of amides is 2. The standard InChI is InChI=1S/C25H33N5O3/c1-20-19-22(30-15-17-33-18-16-30)7-8-23(20)27-25(32)24(31)26-9-10-28-11-13-29(14-12-28)21-5-3-2-4-6-21/h2-8,19H,9-18H2,1H3,(H,26,31)(H,27,32). The molecule has 2 aliphatic rings. The highest BCUT2D eigenvalue weighted by Gasteiger charge is 2.19. The van der Waals surface area contributed by atoms with Crippen molar-refractivity contribution >= 4 is 28.9 Å². The molecule has 0 atom stereocenters. The number of piperazine rings is 1. The zero-order valence-corrected chi connectivity index (χ0v) is 19.3. The first kappa shape index (κ1) is 23.1. The second-order valence-corrected chi connectivity index (χ2v) is 8.47. The van der Waals surface area contributed by atoms with Crippen LogP contribution in [0.25, 0.3) is 0 Å². The molecule has 8 nitrogen and oxygen atoms in total. The van der Waals surface area contributed by atoms with E-state index in [-0.39, 0.29) is 0 Å². The fourth-order valence-electron chi connectivity index (χ4n) is 4.26. The number of para-hydroxylation sites is 1. The Bertz CT molecular complexity index is 938. The van der Waals surface area contributed by atoms with Crippen molar-refractivity contribution in [2.24, 2.45) is 0 Å². The van der Waals surface area contributed by atoms with E-state index in [1.54, 1.807) is 0 Å². The minimum Gasteiger partial charge on any atom is -0.378 e. The highest BCUT2D eigenvalue weighted by atomic mass is 16.5. The Balaban J connectivity index is 1.18. The van der Waals surface area contributed by atoms with E-state index in [1.165, 1.54) is 5.69 Å². The van der Waals surface area contributed by atoms with Crippen molar-refractivity contribution in [1.29, 1.82) is 0 Å². The normalized spacial score (nSPS) is 17.0. The third kappa shape index (κ3) is 6.24. The number of aryl methyl sites for hydroxylation is 1. The Morgan fingerprint density at radius 1 is 0.848 bits per heavy atom. The number of morpholine rings is 1. The van der Waals surface area contributed by atoms with Crippen LogP contribution < -0.4 is 20.4 Å². The Morgan fingerprint density at radius 3 is 2.24 bits per heavy atom. The summed E-state index contributed by atoms with van der Waals surface area (Å²) < 4.78 is 5.40. The summed E-state index contributed by atoms with van der Waals surface area (Å²) in [5, 5.41) is 5.49. The lowest BCUT2D eigenvalue weighted by Gasteiger charge is -2.36. The molecular formula is C25H33N5O3. The van der Waals surface area contributed by atoms with E-state index in [1.807, 2.05) is 31.2 Å². The van der Waals surface area contributed by atoms with E-state index in [4.69, 9.17) is 4.74 Å². The van der Waals surface area contributed by atoms with Crippen molar-refractivity contribution in [1.82, 2.24) is 10.2 Å². The molecule has 2 amide bonds. The molecule has 4 rings (SSSR count). The number of carbonyl (C=O) groups is 2. The number of benzene rings is 2. The average molecular weight is 452 g/mol. The van der Waals surface area contributed by atoms with Crippen LogP contribution in [0.3, 0.4) is 0 Å². The summed E-state index contributed by atoms with van der Waals surface area (Å²) in [5.74, 6) is -1.24. The molecule has 0 aromatic heterocycles. The number of nitrogens with one attached hydrogen (secondary N) is 2. The molecule has 176 valence electrons. The number of hydrogen-bond donors (Lipinski definition) is 2. The lowest BCUT2D eigenvalue weighted by molar-refractivity contribution is -0.136. The Hall–Kier alpha value is -3.10. The van der Waals surface area contributed by atoms with Crippen molar-refractivity contribution in [3.8, 4) is 0 Å². The van der Waals surface area contributed by atoms with Crippen LogP contribution in [-0.4, -0.2) is 82.3 Å². The highest BCUT2D eigenvalue weighted by molar-refractivity contribution is 6.39. The average Bonchev–Trinajstić information content (AvgIpc) is 2.86. The van der Waals surface area contributed by atoms with Crippen LogP contribution in [0.15, 0.2) is 48.5 Å². The maximum Gasteiger partial charge on any atom is 0.313 e. The second kappa shape index (κ2) is 11.2. The van der Waals surface area contributed by atoms with Gasteiger partial charge >= 0.3 is 11.8 Å². The number of hydrogen-bond acceptors (Lipinski definition) is 6. The molecule has 8 heteroatoms. The van der Waals surface area contributed by atoms with E-state index < -0.39 is 11.8 Å². The van der Waals surface area contributed by atoms with Gasteiger partial charge in [-0.25, -0.2) is 0 Å². The number of ether oxygens (including phenoxy) is 1. The molecule has 2 N–H and O–H groups in total. The van der Waals surface area contributed by atoms with Gasteiger partial charge in [-0.3, -0.25) is 14.5 Å². The summed E-state index contributed by atoms with van der Waals surface area (Å²) in [6.07, 6.45) is 0. The third-order valence-electron chi connectivity index (χ3n) is 6.25. The van der Waals surface area contributed by atoms with Gasteiger partial charge in [0.1, 0.15) is 0 Å². The smallest absolute Gasteiger partial charge is 0.313 e. The van der Waals surface area contributed by atoms with Crippen LogP contribution in [0.5, 0.6) is 0 Å². The first-order valence-electron chi connectivity index (χ1n) is 11.6. The molecule has 2 aliphatic heterocycles. The summed E-state index contributed by atoms with van der Waals surface area (Å²) in [4.78, 5) is 31.6. The lowest BCUT2D eigenvalue weighted by atomic mass is 10.1. The minimum absolute atomic E-state index is 0.451. The largest absolute Gasteiger partial charge is 0.378 e. The molecule has 2 saturated heterocycles. The van der Waals surface area contributed by atoms with Crippen LogP contribution in [-0.2, 0) is 14.3 Å². The number of anilines is 3. The number of carbonyl (C=O) groups excluding carboxylic acids is 2. The molecular weight excluding hydrogens is 418 g/mol. The van der Waals surface area contributed by atoms with Crippen LogP contribution >= 0.6 is 0 Å². The predicted octanol–water partition coefficient (Wildman–Crippen LogP) is 1.71. The van der Waals surface area contributed by atoms with E-state index in [0.29, 0.717) is 12.2 Å². The maximum absolute atomic E-state index is 12.4. The summed E-state index contributed by atoms with van der Waals surface area (Å²) in [6, 6.07) is 16.3. The van der Waals surface area contributed by atoms with Gasteiger partial charge in [-0.15, -0.1) is 0 Å². The number of nitrogens with zero attached hydrogens (tertiary/aromatic N) is 3. The molecule has 2 aromatic rings. The predicted molar refractivity (Wildman–Crippen MR) is 131 cm³/mol. The molecule has 0 spiro atoms. The quantitative estimate of drug-likeness (QED) is 0.652. The van der Waals surface area contributed by atoms with Gasteiger partial charge in [-0.2, -0.15) is 0 Å². The van der Waals surface area contributed by atoms with Crippen LogP contribution in [0.1, 0.15) is 5.56 Å². The Morgan fingerprint density at radius 2 is 1.55 bits per heavy atom. The summed E-state index contributed by atoms with van der Waals surface area (Å²) in [6.45, 7) is 10.1. The van der Waals surface area contributed by atoms with Gasteiger partial charge in [0, 0.05) is 69.4 Å². The van der Waals surface area contributed by atoms with Gasteiger partial charge in [-0.05, 0) is 42.8 Å². The maximum atomic E-state index is 12.4. The van der Waals surface area contributed by atoms with E-state index in [9.17, 15) is 9.59 Å². The van der Waals surface area contributed by atoms with E-state index in [0.717, 1.165) is 70.3 Å². The first-order chi connectivity index (χ1) is 16.1. The molecule has 2 aromatic carbocycles. The van der Waals surface area contributed by atoms with Crippen molar-refractivity contribution in [3.05, 3.63) is 54.1 Å². The third-order valence-corrected chi connectivity index (χ3v) is 6.25.